The van der Waals surface area contributed by atoms with Gasteiger partial charge in [0.1, 0.15) is 11.5 Å². The second kappa shape index (κ2) is 15.7. The molecule has 246 valence electrons. The molecule has 0 N–H and O–H groups in total. The quantitative estimate of drug-likeness (QED) is 0.0721. The van der Waals surface area contributed by atoms with Crippen molar-refractivity contribution in [2.24, 2.45) is 0 Å². The highest BCUT2D eigenvalue weighted by Crippen LogP contribution is 2.54. The Morgan fingerprint density at radius 1 is 0.532 bits per heavy atom. The number of alkyl halides is 6. The average molecular weight is 687 g/mol. The van der Waals surface area contributed by atoms with Crippen molar-refractivity contribution in [3.05, 3.63) is 155 Å². The monoisotopic (exact) mass is 686 g/mol. The van der Waals surface area contributed by atoms with E-state index in [0.29, 0.717) is 13.2 Å². The van der Waals surface area contributed by atoms with Crippen molar-refractivity contribution in [1.82, 2.24) is 0 Å². The first-order valence-corrected chi connectivity index (χ1v) is 15.9. The van der Waals surface area contributed by atoms with Crippen molar-refractivity contribution in [3.8, 4) is 11.5 Å². The molecular weight excluding hydrogens is 655 g/mol. The van der Waals surface area contributed by atoms with Gasteiger partial charge in [-0.25, -0.2) is 0 Å². The fourth-order valence-corrected chi connectivity index (χ4v) is 6.71. The number of hydrogen-bond donors (Lipinski definition) is 1. The molecule has 5 aromatic carbocycles. The first-order valence-electron chi connectivity index (χ1n) is 14.6. The number of rotatable bonds is 9. The molecule has 0 bridgehead atoms. The Hall–Kier alpha value is -4.02. The molecule has 0 heterocycles. The van der Waals surface area contributed by atoms with Gasteiger partial charge in [0.15, 0.2) is 0 Å². The van der Waals surface area contributed by atoms with Gasteiger partial charge in [-0.05, 0) is 66.9 Å². The van der Waals surface area contributed by atoms with Crippen LogP contribution in [0, 0.1) is 0 Å². The van der Waals surface area contributed by atoms with Crippen molar-refractivity contribution in [1.29, 1.82) is 0 Å². The zero-order valence-corrected chi connectivity index (χ0v) is 27.2. The van der Waals surface area contributed by atoms with Crippen LogP contribution >= 0.6 is 24.4 Å². The minimum absolute atomic E-state index is 0.0963. The molecule has 2 nitrogen and oxygen atoms in total. The summed E-state index contributed by atoms with van der Waals surface area (Å²) in [5.74, 6) is 0.413. The normalized spacial score (nSPS) is 11.8. The highest BCUT2D eigenvalue weighted by Gasteiger charge is 2.41. The summed E-state index contributed by atoms with van der Waals surface area (Å²) in [7, 11) is 0. The lowest BCUT2D eigenvalue weighted by Gasteiger charge is -2.36. The molecule has 0 spiro atoms. The van der Waals surface area contributed by atoms with Crippen molar-refractivity contribution >= 4 is 24.4 Å². The molecule has 5 rings (SSSR count). The summed E-state index contributed by atoms with van der Waals surface area (Å²) in [4.78, 5) is 0.0449. The Bertz CT molecular complexity index is 1610. The van der Waals surface area contributed by atoms with Crippen LogP contribution in [0.2, 0.25) is 0 Å². The van der Waals surface area contributed by atoms with Crippen molar-refractivity contribution in [3.63, 3.8) is 0 Å². The summed E-state index contributed by atoms with van der Waals surface area (Å²) in [5.41, 5.74) is 1.22. The second-order valence-electron chi connectivity index (χ2n) is 10.1. The number of halogens is 6. The number of benzene rings is 5. The summed E-state index contributed by atoms with van der Waals surface area (Å²) in [5, 5.41) is 0. The van der Waals surface area contributed by atoms with Crippen LogP contribution in [-0.2, 0) is 17.1 Å². The average Bonchev–Trinajstić information content (AvgIpc) is 3.06. The standard InChI is InChI=1S/C28H23F3OS.C9H9F3OS/c1-2-32-24-18-19-26(25(20-24)28(29,30)31)33-27(21-12-6-3-7-13-21,22-14-8-4-9-15-22)23-16-10-5-11-17-23;1-2-13-6-3-4-8(14)7(5-6)9(10,11)12/h3-20H,2H2,1H3;3-5,14H,2H2,1H3. The number of hydrogen-bond acceptors (Lipinski definition) is 4. The van der Waals surface area contributed by atoms with Gasteiger partial charge in [-0.3, -0.25) is 0 Å². The number of ether oxygens (including phenoxy) is 2. The lowest BCUT2D eigenvalue weighted by molar-refractivity contribution is -0.140. The highest BCUT2D eigenvalue weighted by atomic mass is 32.2. The predicted molar refractivity (Wildman–Crippen MR) is 178 cm³/mol. The topological polar surface area (TPSA) is 18.5 Å². The molecule has 0 aliphatic heterocycles. The van der Waals surface area contributed by atoms with Gasteiger partial charge in [-0.1, -0.05) is 91.0 Å². The lowest BCUT2D eigenvalue weighted by Crippen LogP contribution is -2.26. The van der Waals surface area contributed by atoms with Crippen LogP contribution < -0.4 is 9.47 Å². The van der Waals surface area contributed by atoms with Gasteiger partial charge in [0, 0.05) is 9.79 Å². The van der Waals surface area contributed by atoms with Crippen LogP contribution in [0.4, 0.5) is 26.3 Å². The molecule has 0 saturated carbocycles. The van der Waals surface area contributed by atoms with Crippen molar-refractivity contribution in [2.75, 3.05) is 13.2 Å². The van der Waals surface area contributed by atoms with E-state index in [-0.39, 0.29) is 21.3 Å². The Balaban J connectivity index is 0.000000300. The van der Waals surface area contributed by atoms with Crippen LogP contribution in [0.1, 0.15) is 41.7 Å². The van der Waals surface area contributed by atoms with Gasteiger partial charge in [0.2, 0.25) is 0 Å². The maximum absolute atomic E-state index is 14.2. The third-order valence-corrected chi connectivity index (χ3v) is 8.94. The van der Waals surface area contributed by atoms with Gasteiger partial charge in [0.25, 0.3) is 0 Å². The van der Waals surface area contributed by atoms with Gasteiger partial charge in [-0.2, -0.15) is 26.3 Å². The summed E-state index contributed by atoms with van der Waals surface area (Å²) < 4.78 is 89.1. The first-order chi connectivity index (χ1) is 22.4. The summed E-state index contributed by atoms with van der Waals surface area (Å²) in [6.07, 6.45) is -8.91. The first kappa shape index (κ1) is 35.8. The summed E-state index contributed by atoms with van der Waals surface area (Å²) in [6.45, 7) is 4.10. The predicted octanol–water partition coefficient (Wildman–Crippen LogP) is 11.6. The Labute approximate surface area is 280 Å². The Kier molecular flexibility index (Phi) is 12.0. The number of thioether (sulfide) groups is 1. The Morgan fingerprint density at radius 3 is 1.30 bits per heavy atom. The van der Waals surface area contributed by atoms with Gasteiger partial charge in [-0.15, -0.1) is 24.4 Å². The van der Waals surface area contributed by atoms with E-state index in [1.54, 1.807) is 19.9 Å². The summed E-state index contributed by atoms with van der Waals surface area (Å²) >= 11 is 4.93. The minimum atomic E-state index is -4.52. The zero-order chi connectivity index (χ0) is 34.1. The van der Waals surface area contributed by atoms with E-state index in [1.165, 1.54) is 30.0 Å². The Morgan fingerprint density at radius 2 is 0.915 bits per heavy atom. The largest absolute Gasteiger partial charge is 0.494 e. The third kappa shape index (κ3) is 8.87. The van der Waals surface area contributed by atoms with Gasteiger partial charge < -0.3 is 9.47 Å². The molecule has 47 heavy (non-hydrogen) atoms. The molecule has 0 atom stereocenters. The second-order valence-corrected chi connectivity index (χ2v) is 11.8. The molecule has 0 fully saturated rings. The van der Waals surface area contributed by atoms with Crippen LogP contribution in [-0.4, -0.2) is 13.2 Å². The molecule has 0 amide bonds. The van der Waals surface area contributed by atoms with Gasteiger partial charge >= 0.3 is 12.4 Å². The van der Waals surface area contributed by atoms with E-state index in [4.69, 9.17) is 9.47 Å². The minimum Gasteiger partial charge on any atom is -0.494 e. The van der Waals surface area contributed by atoms with E-state index >= 15 is 0 Å². The molecule has 0 aromatic heterocycles. The third-order valence-electron chi connectivity index (χ3n) is 6.96. The zero-order valence-electron chi connectivity index (χ0n) is 25.5. The molecule has 10 heteroatoms. The molecular formula is C37H32F6O2S2. The maximum Gasteiger partial charge on any atom is 0.417 e. The maximum atomic E-state index is 14.2. The van der Waals surface area contributed by atoms with E-state index < -0.39 is 28.2 Å². The smallest absolute Gasteiger partial charge is 0.417 e. The van der Waals surface area contributed by atoms with Crippen LogP contribution in [0.15, 0.2) is 137 Å². The SMILES string of the molecule is CCOc1ccc(S)c(C(F)(F)F)c1.CCOc1ccc(SC(c2ccccc2)(c2ccccc2)c2ccccc2)c(C(F)(F)F)c1. The van der Waals surface area contributed by atoms with E-state index in [9.17, 15) is 26.3 Å². The van der Waals surface area contributed by atoms with Crippen LogP contribution in [0.25, 0.3) is 0 Å². The fourth-order valence-electron chi connectivity index (χ4n) is 4.94. The van der Waals surface area contributed by atoms with E-state index in [0.717, 1.165) is 28.8 Å². The molecule has 0 unspecified atom stereocenters. The van der Waals surface area contributed by atoms with Crippen LogP contribution in [0.5, 0.6) is 11.5 Å². The van der Waals surface area contributed by atoms with Crippen LogP contribution in [0.3, 0.4) is 0 Å². The molecule has 5 aromatic rings. The number of thiol groups is 1. The van der Waals surface area contributed by atoms with E-state index in [1.807, 2.05) is 91.0 Å². The van der Waals surface area contributed by atoms with Crippen molar-refractivity contribution < 1.29 is 35.8 Å². The molecule has 0 aliphatic carbocycles. The fraction of sp³-hybridized carbons (Fsp3) is 0.189. The van der Waals surface area contributed by atoms with Gasteiger partial charge in [0.05, 0.1) is 29.1 Å². The summed E-state index contributed by atoms with van der Waals surface area (Å²) in [6, 6.07) is 36.9. The van der Waals surface area contributed by atoms with Crippen molar-refractivity contribution in [2.45, 2.75) is 40.7 Å². The molecule has 0 radical (unpaired) electrons. The molecule has 0 aliphatic rings. The lowest BCUT2D eigenvalue weighted by atomic mass is 9.84. The highest BCUT2D eigenvalue weighted by molar-refractivity contribution is 8.00. The molecule has 0 saturated heterocycles. The van der Waals surface area contributed by atoms with E-state index in [2.05, 4.69) is 12.6 Å².